The van der Waals surface area contributed by atoms with Gasteiger partial charge in [0.1, 0.15) is 12.1 Å². The molecule has 0 saturated heterocycles. The molecule has 0 radical (unpaired) electrons. The third kappa shape index (κ3) is 4.83. The van der Waals surface area contributed by atoms with Crippen LogP contribution in [0.2, 0.25) is 0 Å². The lowest BCUT2D eigenvalue weighted by atomic mass is 10.2. The lowest BCUT2D eigenvalue weighted by molar-refractivity contribution is 0.0422. The molecule has 0 amide bonds. The van der Waals surface area contributed by atoms with Crippen molar-refractivity contribution in [1.29, 1.82) is 0 Å². The first kappa shape index (κ1) is 20.4. The molecule has 2 atom stereocenters. The maximum atomic E-state index is 12.8. The molecular formula is C18H15F2N5O3P2. The van der Waals surface area contributed by atoms with Gasteiger partial charge < -0.3 is 9.15 Å². The maximum Gasteiger partial charge on any atom is 0.316 e. The summed E-state index contributed by atoms with van der Waals surface area (Å²) in [6.07, 6.45) is 2.75. The van der Waals surface area contributed by atoms with E-state index in [4.69, 9.17) is 9.15 Å². The molecule has 12 heteroatoms. The molecule has 0 spiro atoms. The molecule has 0 aliphatic rings. The first-order valence-corrected chi connectivity index (χ1v) is 9.77. The molecule has 0 N–H and O–H groups in total. The number of benzene rings is 1. The van der Waals surface area contributed by atoms with E-state index in [1.807, 2.05) is 12.1 Å². The van der Waals surface area contributed by atoms with E-state index in [9.17, 15) is 13.6 Å². The number of nitrogens with zero attached hydrogens (tertiary/aromatic N) is 5. The Morgan fingerprint density at radius 2 is 1.93 bits per heavy atom. The Morgan fingerprint density at radius 3 is 2.67 bits per heavy atom. The van der Waals surface area contributed by atoms with Gasteiger partial charge in [-0.25, -0.2) is 19.6 Å². The Bertz CT molecular complexity index is 1260. The molecule has 4 aromatic rings. The van der Waals surface area contributed by atoms with E-state index in [-0.39, 0.29) is 18.1 Å². The van der Waals surface area contributed by atoms with Crippen LogP contribution < -0.4 is 15.6 Å². The normalized spacial score (nSPS) is 11.7. The average Bonchev–Trinajstić information content (AvgIpc) is 3.09. The number of fused-ring (bicyclic) bond motifs is 1. The van der Waals surface area contributed by atoms with Crippen molar-refractivity contribution < 1.29 is 17.9 Å². The summed E-state index contributed by atoms with van der Waals surface area (Å²) >= 11 is 0. The van der Waals surface area contributed by atoms with Crippen molar-refractivity contribution in [1.82, 2.24) is 24.7 Å². The van der Waals surface area contributed by atoms with Gasteiger partial charge in [0.15, 0.2) is 12.2 Å². The van der Waals surface area contributed by atoms with Crippen LogP contribution in [0.1, 0.15) is 5.89 Å². The van der Waals surface area contributed by atoms with Crippen molar-refractivity contribution in [2.45, 2.75) is 12.2 Å². The minimum atomic E-state index is -3.07. The molecule has 0 aliphatic carbocycles. The number of hydrogen-bond donors (Lipinski definition) is 0. The monoisotopic (exact) mass is 449 g/mol. The van der Waals surface area contributed by atoms with Crippen LogP contribution in [-0.4, -0.2) is 37.0 Å². The Morgan fingerprint density at radius 1 is 1.17 bits per heavy atom. The van der Waals surface area contributed by atoms with Crippen LogP contribution in [-0.2, 0) is 6.54 Å². The van der Waals surface area contributed by atoms with Gasteiger partial charge in [0.05, 0.1) is 5.69 Å². The molecule has 8 nitrogen and oxygen atoms in total. The van der Waals surface area contributed by atoms with Gasteiger partial charge in [-0.1, -0.05) is 15.3 Å². The topological polar surface area (TPSA) is 95.9 Å². The first-order valence-electron chi connectivity index (χ1n) is 8.62. The molecule has 30 heavy (non-hydrogen) atoms. The number of hydrogen-bond acceptors (Lipinski definition) is 7. The van der Waals surface area contributed by atoms with E-state index in [1.54, 1.807) is 6.07 Å². The summed E-state index contributed by atoms with van der Waals surface area (Å²) in [4.78, 5) is 24.4. The van der Waals surface area contributed by atoms with Crippen molar-refractivity contribution in [3.63, 3.8) is 0 Å². The zero-order valence-electron chi connectivity index (χ0n) is 15.3. The van der Waals surface area contributed by atoms with Gasteiger partial charge in [-0.15, -0.1) is 9.24 Å². The van der Waals surface area contributed by atoms with Crippen LogP contribution >= 0.6 is 18.5 Å². The zero-order valence-corrected chi connectivity index (χ0v) is 17.6. The number of halogens is 2. The molecule has 2 unspecified atom stereocenters. The highest BCUT2D eigenvalue weighted by atomic mass is 31.0. The van der Waals surface area contributed by atoms with E-state index < -0.39 is 12.3 Å². The average molecular weight is 449 g/mol. The summed E-state index contributed by atoms with van der Waals surface area (Å²) in [5.41, 5.74) is -1.21. The van der Waals surface area contributed by atoms with Crippen molar-refractivity contribution in [2.75, 3.05) is 6.61 Å². The second-order valence-electron chi connectivity index (χ2n) is 6.35. The summed E-state index contributed by atoms with van der Waals surface area (Å²) in [6, 6.07) is 8.21. The minimum absolute atomic E-state index is 0.0405. The highest BCUT2D eigenvalue weighted by Crippen LogP contribution is 2.23. The van der Waals surface area contributed by atoms with Crippen LogP contribution in [0.3, 0.4) is 0 Å². The van der Waals surface area contributed by atoms with Gasteiger partial charge in [0.2, 0.25) is 5.89 Å². The molecule has 0 fully saturated rings. The van der Waals surface area contributed by atoms with Crippen molar-refractivity contribution in [2.24, 2.45) is 0 Å². The van der Waals surface area contributed by atoms with E-state index in [0.717, 1.165) is 5.30 Å². The number of alkyl halides is 2. The van der Waals surface area contributed by atoms with Gasteiger partial charge in [0, 0.05) is 24.0 Å². The van der Waals surface area contributed by atoms with Crippen molar-refractivity contribution >= 4 is 34.9 Å². The summed E-state index contributed by atoms with van der Waals surface area (Å²) in [5.74, 6) is 0.339. The third-order valence-corrected chi connectivity index (χ3v) is 4.45. The molecule has 0 aliphatic heterocycles. The summed E-state index contributed by atoms with van der Waals surface area (Å²) in [5, 5.41) is 5.26. The number of aromatic nitrogens is 5. The first-order chi connectivity index (χ1) is 14.3. The summed E-state index contributed by atoms with van der Waals surface area (Å²) < 4.78 is 37.4. The smallest absolute Gasteiger partial charge is 0.316 e. The second kappa shape index (κ2) is 8.13. The van der Waals surface area contributed by atoms with Gasteiger partial charge >= 0.3 is 6.01 Å². The fourth-order valence-electron chi connectivity index (χ4n) is 2.59. The number of rotatable bonds is 6. The fraction of sp³-hybridized carbons (Fsp3) is 0.167. The minimum Gasteiger partial charge on any atom is -0.457 e. The number of ether oxygens (including phenoxy) is 1. The van der Waals surface area contributed by atoms with E-state index in [0.29, 0.717) is 28.2 Å². The molecule has 0 saturated carbocycles. The SMILES string of the molecule is O=c1ccc(-c2cnc(OCC(F)(F)P)nc2)nn1Cc1nc2cc(P)ccc2o1. The third-order valence-electron chi connectivity index (χ3n) is 3.93. The quantitative estimate of drug-likeness (QED) is 0.417. The predicted molar refractivity (Wildman–Crippen MR) is 112 cm³/mol. The predicted octanol–water partition coefficient (Wildman–Crippen LogP) is 2.24. The Balaban J connectivity index is 1.56. The largest absolute Gasteiger partial charge is 0.457 e. The van der Waals surface area contributed by atoms with Crippen LogP contribution in [0.5, 0.6) is 6.01 Å². The Kier molecular flexibility index (Phi) is 5.54. The second-order valence-corrected chi connectivity index (χ2v) is 7.86. The van der Waals surface area contributed by atoms with Crippen LogP contribution in [0.15, 0.2) is 51.9 Å². The van der Waals surface area contributed by atoms with Crippen LogP contribution in [0, 0.1) is 0 Å². The lowest BCUT2D eigenvalue weighted by Gasteiger charge is -2.10. The highest BCUT2D eigenvalue weighted by Gasteiger charge is 2.22. The maximum absolute atomic E-state index is 12.8. The molecule has 3 aromatic heterocycles. The van der Waals surface area contributed by atoms with E-state index in [1.165, 1.54) is 38.4 Å². The van der Waals surface area contributed by atoms with Crippen molar-refractivity contribution in [3.8, 4) is 17.3 Å². The fourth-order valence-corrected chi connectivity index (χ4v) is 2.93. The zero-order chi connectivity index (χ0) is 21.3. The van der Waals surface area contributed by atoms with Crippen LogP contribution in [0.25, 0.3) is 22.4 Å². The van der Waals surface area contributed by atoms with Gasteiger partial charge in [-0.2, -0.15) is 13.9 Å². The number of oxazole rings is 1. The van der Waals surface area contributed by atoms with Gasteiger partial charge in [-0.05, 0) is 23.5 Å². The van der Waals surface area contributed by atoms with E-state index in [2.05, 4.69) is 29.3 Å². The standard InChI is InChI=1S/C18H15F2N5O3P2/c19-18(20,30)9-27-17-21-6-10(7-22-17)12-2-4-16(26)25(24-12)8-15-23-13-5-11(29)1-3-14(13)28-15/h1-7H,8-9,29-30H2. The lowest BCUT2D eigenvalue weighted by Crippen LogP contribution is -2.23. The van der Waals surface area contributed by atoms with Gasteiger partial charge in [-0.3, -0.25) is 4.79 Å². The molecule has 4 rings (SSSR count). The molecule has 1 aromatic carbocycles. The molecular weight excluding hydrogens is 434 g/mol. The molecule has 3 heterocycles. The summed E-state index contributed by atoms with van der Waals surface area (Å²) in [7, 11) is 3.96. The summed E-state index contributed by atoms with van der Waals surface area (Å²) in [6.45, 7) is -0.818. The molecule has 0 bridgehead atoms. The molecule has 154 valence electrons. The highest BCUT2D eigenvalue weighted by molar-refractivity contribution is 7.27. The van der Waals surface area contributed by atoms with Crippen LogP contribution in [0.4, 0.5) is 8.78 Å². The van der Waals surface area contributed by atoms with Crippen molar-refractivity contribution in [3.05, 3.63) is 59.0 Å². The Hall–Kier alpha value is -2.83. The van der Waals surface area contributed by atoms with E-state index >= 15 is 0 Å². The Labute approximate surface area is 173 Å². The van der Waals surface area contributed by atoms with Gasteiger partial charge in [0.25, 0.3) is 11.2 Å².